The van der Waals surface area contributed by atoms with Crippen LogP contribution in [0.4, 0.5) is 5.69 Å². The summed E-state index contributed by atoms with van der Waals surface area (Å²) < 4.78 is 0. The first-order chi connectivity index (χ1) is 10.2. The van der Waals surface area contributed by atoms with Crippen LogP contribution in [0.15, 0.2) is 42.6 Å². The number of carbonyl (C=O) groups is 1. The van der Waals surface area contributed by atoms with E-state index in [0.29, 0.717) is 18.7 Å². The fourth-order valence-corrected chi connectivity index (χ4v) is 1.92. The quantitative estimate of drug-likeness (QED) is 0.856. The van der Waals surface area contributed by atoms with Crippen LogP contribution in [0.25, 0.3) is 0 Å². The molecule has 1 aromatic carbocycles. The second-order valence-electron chi connectivity index (χ2n) is 5.00. The molecule has 110 valence electrons. The van der Waals surface area contributed by atoms with Gasteiger partial charge in [0.25, 0.3) is 5.91 Å². The lowest BCUT2D eigenvalue weighted by Gasteiger charge is -2.09. The maximum atomic E-state index is 11.9. The Morgan fingerprint density at radius 3 is 2.81 bits per heavy atom. The van der Waals surface area contributed by atoms with Gasteiger partial charge in [0, 0.05) is 36.2 Å². The SMILES string of the molecule is CCCNC(=O)c1cccc(NCc2ccc(C)nc2)c1. The molecule has 0 atom stereocenters. The van der Waals surface area contributed by atoms with E-state index in [9.17, 15) is 4.79 Å². The maximum Gasteiger partial charge on any atom is 0.251 e. The van der Waals surface area contributed by atoms with Crippen molar-refractivity contribution in [3.05, 3.63) is 59.4 Å². The third-order valence-electron chi connectivity index (χ3n) is 3.13. The molecule has 0 bridgehead atoms. The zero-order chi connectivity index (χ0) is 15.1. The van der Waals surface area contributed by atoms with Gasteiger partial charge in [-0.1, -0.05) is 19.1 Å². The van der Waals surface area contributed by atoms with E-state index in [4.69, 9.17) is 0 Å². The predicted molar refractivity (Wildman–Crippen MR) is 85.4 cm³/mol. The van der Waals surface area contributed by atoms with Crippen molar-refractivity contribution in [1.82, 2.24) is 10.3 Å². The number of benzene rings is 1. The van der Waals surface area contributed by atoms with Crippen molar-refractivity contribution in [3.8, 4) is 0 Å². The largest absolute Gasteiger partial charge is 0.381 e. The van der Waals surface area contributed by atoms with Crippen LogP contribution in [-0.4, -0.2) is 17.4 Å². The van der Waals surface area contributed by atoms with Crippen molar-refractivity contribution in [3.63, 3.8) is 0 Å². The molecule has 2 rings (SSSR count). The van der Waals surface area contributed by atoms with Crippen LogP contribution in [-0.2, 0) is 6.54 Å². The molecule has 1 amide bonds. The summed E-state index contributed by atoms with van der Waals surface area (Å²) in [5.74, 6) is -0.0301. The molecule has 21 heavy (non-hydrogen) atoms. The minimum Gasteiger partial charge on any atom is -0.381 e. The van der Waals surface area contributed by atoms with Crippen molar-refractivity contribution in [2.75, 3.05) is 11.9 Å². The summed E-state index contributed by atoms with van der Waals surface area (Å²) in [5.41, 5.74) is 3.73. The maximum absolute atomic E-state index is 11.9. The molecule has 4 nitrogen and oxygen atoms in total. The predicted octanol–water partition coefficient (Wildman–Crippen LogP) is 3.14. The summed E-state index contributed by atoms with van der Waals surface area (Å²) in [6.07, 6.45) is 2.80. The third kappa shape index (κ3) is 4.60. The molecule has 2 aromatic rings. The second-order valence-corrected chi connectivity index (χ2v) is 5.00. The lowest BCUT2D eigenvalue weighted by atomic mass is 10.1. The number of hydrogen-bond donors (Lipinski definition) is 2. The average molecular weight is 283 g/mol. The van der Waals surface area contributed by atoms with Gasteiger partial charge in [-0.2, -0.15) is 0 Å². The van der Waals surface area contributed by atoms with Crippen LogP contribution < -0.4 is 10.6 Å². The van der Waals surface area contributed by atoms with Crippen LogP contribution in [0.2, 0.25) is 0 Å². The van der Waals surface area contributed by atoms with Gasteiger partial charge in [-0.05, 0) is 43.2 Å². The highest BCUT2D eigenvalue weighted by atomic mass is 16.1. The molecule has 0 radical (unpaired) electrons. The van der Waals surface area contributed by atoms with E-state index >= 15 is 0 Å². The number of amides is 1. The van der Waals surface area contributed by atoms with Crippen molar-refractivity contribution in [2.24, 2.45) is 0 Å². The number of anilines is 1. The molecule has 0 fully saturated rings. The Balaban J connectivity index is 1.97. The third-order valence-corrected chi connectivity index (χ3v) is 3.13. The molecule has 0 aliphatic rings. The molecule has 1 heterocycles. The summed E-state index contributed by atoms with van der Waals surface area (Å²) in [4.78, 5) is 16.2. The van der Waals surface area contributed by atoms with E-state index in [1.165, 1.54) is 0 Å². The smallest absolute Gasteiger partial charge is 0.251 e. The standard InChI is InChI=1S/C17H21N3O/c1-3-9-18-17(21)15-5-4-6-16(10-15)20-12-14-8-7-13(2)19-11-14/h4-8,10-11,20H,3,9,12H2,1-2H3,(H,18,21). The Morgan fingerprint density at radius 1 is 1.24 bits per heavy atom. The average Bonchev–Trinajstić information content (AvgIpc) is 2.52. The molecule has 1 aromatic heterocycles. The fraction of sp³-hybridized carbons (Fsp3) is 0.294. The number of nitrogens with one attached hydrogen (secondary N) is 2. The monoisotopic (exact) mass is 283 g/mol. The first kappa shape index (κ1) is 15.0. The van der Waals surface area contributed by atoms with Gasteiger partial charge in [-0.25, -0.2) is 0 Å². The second kappa shape index (κ2) is 7.43. The Morgan fingerprint density at radius 2 is 2.10 bits per heavy atom. The minimum absolute atomic E-state index is 0.0301. The number of aryl methyl sites for hydroxylation is 1. The number of rotatable bonds is 6. The molecule has 0 saturated heterocycles. The van der Waals surface area contributed by atoms with Crippen LogP contribution in [0.3, 0.4) is 0 Å². The van der Waals surface area contributed by atoms with E-state index < -0.39 is 0 Å². The highest BCUT2D eigenvalue weighted by Gasteiger charge is 2.05. The number of carbonyl (C=O) groups excluding carboxylic acids is 1. The summed E-state index contributed by atoms with van der Waals surface area (Å²) in [7, 11) is 0. The summed E-state index contributed by atoms with van der Waals surface area (Å²) in [5, 5.41) is 6.19. The fourth-order valence-electron chi connectivity index (χ4n) is 1.92. The number of nitrogens with zero attached hydrogens (tertiary/aromatic N) is 1. The summed E-state index contributed by atoms with van der Waals surface area (Å²) >= 11 is 0. The minimum atomic E-state index is -0.0301. The molecule has 0 saturated carbocycles. The molecule has 4 heteroatoms. The lowest BCUT2D eigenvalue weighted by molar-refractivity contribution is 0.0953. The number of aromatic nitrogens is 1. The highest BCUT2D eigenvalue weighted by molar-refractivity contribution is 5.95. The Labute approximate surface area is 125 Å². The molecule has 0 spiro atoms. The van der Waals surface area contributed by atoms with Crippen LogP contribution >= 0.6 is 0 Å². The van der Waals surface area contributed by atoms with Crippen LogP contribution in [0.1, 0.15) is 35.0 Å². The summed E-state index contributed by atoms with van der Waals surface area (Å²) in [6.45, 7) is 5.39. The molecule has 0 unspecified atom stereocenters. The van der Waals surface area contributed by atoms with Crippen molar-refractivity contribution in [2.45, 2.75) is 26.8 Å². The van der Waals surface area contributed by atoms with Crippen molar-refractivity contribution >= 4 is 11.6 Å². The molecule has 2 N–H and O–H groups in total. The normalized spacial score (nSPS) is 10.2. The van der Waals surface area contributed by atoms with Gasteiger partial charge in [-0.15, -0.1) is 0 Å². The summed E-state index contributed by atoms with van der Waals surface area (Å²) in [6, 6.07) is 11.6. The van der Waals surface area contributed by atoms with Gasteiger partial charge in [-0.3, -0.25) is 9.78 Å². The van der Waals surface area contributed by atoms with Gasteiger partial charge >= 0.3 is 0 Å². The van der Waals surface area contributed by atoms with Gasteiger partial charge in [0.15, 0.2) is 0 Å². The molecular formula is C17H21N3O. The van der Waals surface area contributed by atoms with Gasteiger partial charge in [0.1, 0.15) is 0 Å². The molecular weight excluding hydrogens is 262 g/mol. The highest BCUT2D eigenvalue weighted by Crippen LogP contribution is 2.12. The van der Waals surface area contributed by atoms with Gasteiger partial charge < -0.3 is 10.6 Å². The lowest BCUT2D eigenvalue weighted by Crippen LogP contribution is -2.23. The Kier molecular flexibility index (Phi) is 5.32. The zero-order valence-electron chi connectivity index (χ0n) is 12.5. The van der Waals surface area contributed by atoms with Crippen molar-refractivity contribution < 1.29 is 4.79 Å². The van der Waals surface area contributed by atoms with Crippen LogP contribution in [0, 0.1) is 6.92 Å². The molecule has 0 aliphatic carbocycles. The van der Waals surface area contributed by atoms with E-state index in [1.807, 2.05) is 56.4 Å². The Bertz CT molecular complexity index is 593. The van der Waals surface area contributed by atoms with E-state index in [-0.39, 0.29) is 5.91 Å². The van der Waals surface area contributed by atoms with E-state index in [0.717, 1.165) is 23.4 Å². The van der Waals surface area contributed by atoms with E-state index in [1.54, 1.807) is 0 Å². The Hall–Kier alpha value is -2.36. The number of hydrogen-bond acceptors (Lipinski definition) is 3. The van der Waals surface area contributed by atoms with Crippen LogP contribution in [0.5, 0.6) is 0 Å². The van der Waals surface area contributed by atoms with Gasteiger partial charge in [0.05, 0.1) is 0 Å². The molecule has 0 aliphatic heterocycles. The van der Waals surface area contributed by atoms with Gasteiger partial charge in [0.2, 0.25) is 0 Å². The first-order valence-electron chi connectivity index (χ1n) is 7.22. The van der Waals surface area contributed by atoms with E-state index in [2.05, 4.69) is 15.6 Å². The van der Waals surface area contributed by atoms with Crippen molar-refractivity contribution in [1.29, 1.82) is 0 Å². The topological polar surface area (TPSA) is 54.0 Å². The first-order valence-corrected chi connectivity index (χ1v) is 7.22. The zero-order valence-corrected chi connectivity index (χ0v) is 12.5. The number of pyridine rings is 1.